The van der Waals surface area contributed by atoms with Gasteiger partial charge in [-0.25, -0.2) is 26.8 Å². The van der Waals surface area contributed by atoms with E-state index in [2.05, 4.69) is 41.2 Å². The molecule has 0 amide bonds. The molecule has 2 aromatic heterocycles. The first kappa shape index (κ1) is 55.2. The minimum absolute atomic E-state index is 0.0557. The second-order valence-electron chi connectivity index (χ2n) is 15.7. The summed E-state index contributed by atoms with van der Waals surface area (Å²) in [6, 6.07) is 23.2. The number of carbonyl (C=O) groups is 2. The van der Waals surface area contributed by atoms with Gasteiger partial charge in [0.2, 0.25) is 11.9 Å². The van der Waals surface area contributed by atoms with Crippen LogP contribution in [0.3, 0.4) is 0 Å². The number of sulfone groups is 2. The Balaban J connectivity index is 0.000000267. The second-order valence-corrected chi connectivity index (χ2v) is 21.5. The summed E-state index contributed by atoms with van der Waals surface area (Å²) in [7, 11) is -4.11. The zero-order valence-corrected chi connectivity index (χ0v) is 43.0. The zero-order valence-electron chi connectivity index (χ0n) is 39.8. The molecule has 378 valence electrons. The van der Waals surface area contributed by atoms with Crippen LogP contribution in [0.25, 0.3) is 0 Å². The number of aliphatic carboxylic acids is 1. The number of carboxylic acid groups (broad SMARTS) is 1. The Hall–Kier alpha value is -6.78. The van der Waals surface area contributed by atoms with Crippen molar-refractivity contribution in [2.24, 2.45) is 0 Å². The Bertz CT molecular complexity index is 3060. The highest BCUT2D eigenvalue weighted by molar-refractivity contribution is 7.92. The van der Waals surface area contributed by atoms with Gasteiger partial charge in [0.25, 0.3) is 0 Å². The molecule has 0 fully saturated rings. The minimum Gasteiger partial charge on any atom is -0.495 e. The molecule has 6 aromatic rings. The molecular formula is C48H54Cl2N8O11S2. The topological polar surface area (TPSA) is 259 Å². The molecule has 0 unspecified atom stereocenters. The molecule has 0 aliphatic rings. The first-order chi connectivity index (χ1) is 33.8. The molecule has 71 heavy (non-hydrogen) atoms. The fourth-order valence-electron chi connectivity index (χ4n) is 6.35. The summed E-state index contributed by atoms with van der Waals surface area (Å²) >= 11 is 12.6. The van der Waals surface area contributed by atoms with Gasteiger partial charge in [0, 0.05) is 6.61 Å². The van der Waals surface area contributed by atoms with Gasteiger partial charge in [0.1, 0.15) is 28.2 Å². The van der Waals surface area contributed by atoms with Crippen molar-refractivity contribution >= 4 is 101 Å². The van der Waals surface area contributed by atoms with E-state index in [0.717, 1.165) is 0 Å². The molecule has 0 spiro atoms. The normalized spacial score (nSPS) is 11.3. The van der Waals surface area contributed by atoms with Crippen molar-refractivity contribution in [1.82, 2.24) is 19.9 Å². The van der Waals surface area contributed by atoms with Crippen molar-refractivity contribution in [2.45, 2.75) is 67.8 Å². The highest BCUT2D eigenvalue weighted by Gasteiger charge is 2.25. The summed E-state index contributed by atoms with van der Waals surface area (Å²) in [6.07, 6.45) is 2.66. The van der Waals surface area contributed by atoms with E-state index >= 15 is 0 Å². The molecule has 0 aliphatic carbocycles. The van der Waals surface area contributed by atoms with E-state index < -0.39 is 36.1 Å². The monoisotopic (exact) mass is 1050 g/mol. The van der Waals surface area contributed by atoms with Crippen LogP contribution in [0, 0.1) is 0 Å². The van der Waals surface area contributed by atoms with E-state index in [9.17, 15) is 26.4 Å². The number of ether oxygens (including phenoxy) is 4. The third-order valence-electron chi connectivity index (χ3n) is 10.0. The van der Waals surface area contributed by atoms with E-state index in [4.69, 9.17) is 47.3 Å². The molecule has 2 heterocycles. The van der Waals surface area contributed by atoms with Gasteiger partial charge in [-0.15, -0.1) is 0 Å². The number of carboxylic acids is 1. The lowest BCUT2D eigenvalue weighted by molar-refractivity contribution is -0.144. The van der Waals surface area contributed by atoms with Crippen LogP contribution in [0.15, 0.2) is 107 Å². The van der Waals surface area contributed by atoms with Crippen LogP contribution in [0.1, 0.15) is 45.7 Å². The zero-order chi connectivity index (χ0) is 51.9. The van der Waals surface area contributed by atoms with Crippen molar-refractivity contribution in [2.75, 3.05) is 55.3 Å². The van der Waals surface area contributed by atoms with Crippen LogP contribution in [-0.4, -0.2) is 98.4 Å². The summed E-state index contributed by atoms with van der Waals surface area (Å²) in [5.74, 6) is 0.350. The van der Waals surface area contributed by atoms with Crippen LogP contribution in [-0.2, 0) is 51.6 Å². The molecule has 0 aliphatic heterocycles. The number of esters is 1. The van der Waals surface area contributed by atoms with Gasteiger partial charge in [-0.05, 0) is 94.3 Å². The molecule has 0 atom stereocenters. The van der Waals surface area contributed by atoms with Crippen LogP contribution in [0.4, 0.5) is 46.3 Å². The number of para-hydroxylation sites is 2. The Labute approximate surface area is 422 Å². The highest BCUT2D eigenvalue weighted by Crippen LogP contribution is 2.35. The van der Waals surface area contributed by atoms with Crippen LogP contribution >= 0.6 is 23.2 Å². The molecule has 0 saturated heterocycles. The molecular weight excluding hydrogens is 1000 g/mol. The summed E-state index contributed by atoms with van der Waals surface area (Å²) < 4.78 is 72.3. The molecule has 5 N–H and O–H groups in total. The first-order valence-corrected chi connectivity index (χ1v) is 25.7. The Morgan fingerprint density at radius 2 is 1.06 bits per heavy atom. The fraction of sp³-hybridized carbons (Fsp3) is 0.292. The smallest absolute Gasteiger partial charge is 0.310 e. The van der Waals surface area contributed by atoms with E-state index in [1.54, 1.807) is 100 Å². The summed E-state index contributed by atoms with van der Waals surface area (Å²) in [5, 5.41) is 20.3. The van der Waals surface area contributed by atoms with Crippen LogP contribution in [0.5, 0.6) is 11.5 Å². The number of methoxy groups -OCH3 is 2. The highest BCUT2D eigenvalue weighted by atomic mass is 35.5. The number of benzene rings is 4. The van der Waals surface area contributed by atoms with Crippen LogP contribution < -0.4 is 30.7 Å². The standard InChI is InChI=1S/C26H31ClN4O6S.C22H23ClN4O5S/c1-5-36-12-13-37-24(32)15-18-10-11-22(35-4)21(14-18)30-26-28-16-19(27)25(31-26)29-20-8-6-7-9-23(20)38(33,34)17(2)3;1-13(2)33(30,31)19-7-5-4-6-16(19)25-21-15(23)12-24-22(27-21)26-17-10-14(11-20(28)29)8-9-18(17)32-3/h6-11,14,16-17H,5,12-13,15H2,1-4H3,(H2,28,29,30,31);4-10,12-13H,11H2,1-3H3,(H,28,29)(H2,24,25,26,27). The number of hydrogen-bond acceptors (Lipinski definition) is 18. The van der Waals surface area contributed by atoms with Gasteiger partial charge in [-0.3, -0.25) is 9.59 Å². The van der Waals surface area contributed by atoms with E-state index in [0.29, 0.717) is 58.6 Å². The lowest BCUT2D eigenvalue weighted by atomic mass is 10.1. The van der Waals surface area contributed by atoms with E-state index in [-0.39, 0.29) is 68.8 Å². The fourth-order valence-corrected chi connectivity index (χ4v) is 9.03. The molecule has 4 aromatic carbocycles. The van der Waals surface area contributed by atoms with Gasteiger partial charge in [-0.2, -0.15) is 9.97 Å². The number of nitrogens with zero attached hydrogens (tertiary/aromatic N) is 4. The van der Waals surface area contributed by atoms with Gasteiger partial charge in [0.15, 0.2) is 31.3 Å². The molecule has 19 nitrogen and oxygen atoms in total. The summed E-state index contributed by atoms with van der Waals surface area (Å²) in [4.78, 5) is 40.7. The lowest BCUT2D eigenvalue weighted by Gasteiger charge is -2.16. The Kier molecular flexibility index (Phi) is 19.7. The Morgan fingerprint density at radius 1 is 0.620 bits per heavy atom. The third-order valence-corrected chi connectivity index (χ3v) is 15.0. The molecule has 0 radical (unpaired) electrons. The lowest BCUT2D eigenvalue weighted by Crippen LogP contribution is -2.15. The van der Waals surface area contributed by atoms with E-state index in [1.165, 1.54) is 38.7 Å². The molecule has 0 saturated carbocycles. The SMILES string of the molecule is CCOCCOC(=O)Cc1ccc(OC)c(Nc2ncc(Cl)c(Nc3ccccc3S(=O)(=O)C(C)C)n2)c1.COc1ccc(CC(=O)O)cc1Nc1ncc(Cl)c(Nc2ccccc2S(=O)(=O)C(C)C)n1. The number of halogens is 2. The maximum absolute atomic E-state index is 12.8. The predicted molar refractivity (Wildman–Crippen MR) is 273 cm³/mol. The number of rotatable bonds is 22. The quantitative estimate of drug-likeness (QED) is 0.0313. The average molecular weight is 1050 g/mol. The maximum Gasteiger partial charge on any atom is 0.310 e. The Morgan fingerprint density at radius 3 is 1.46 bits per heavy atom. The number of anilines is 8. The van der Waals surface area contributed by atoms with Crippen molar-refractivity contribution in [3.8, 4) is 11.5 Å². The van der Waals surface area contributed by atoms with Crippen molar-refractivity contribution < 1.29 is 50.5 Å². The maximum atomic E-state index is 12.8. The minimum atomic E-state index is -3.56. The van der Waals surface area contributed by atoms with E-state index in [1.807, 2.05) is 6.92 Å². The first-order valence-electron chi connectivity index (χ1n) is 21.8. The van der Waals surface area contributed by atoms with Crippen molar-refractivity contribution in [3.63, 3.8) is 0 Å². The second kappa shape index (κ2) is 25.4. The van der Waals surface area contributed by atoms with Crippen molar-refractivity contribution in [3.05, 3.63) is 118 Å². The summed E-state index contributed by atoms with van der Waals surface area (Å²) in [6.45, 7) is 9.41. The van der Waals surface area contributed by atoms with Crippen LogP contribution in [0.2, 0.25) is 10.0 Å². The number of aromatic nitrogens is 4. The molecule has 6 rings (SSSR count). The largest absolute Gasteiger partial charge is 0.495 e. The predicted octanol–water partition coefficient (Wildman–Crippen LogP) is 9.37. The van der Waals surface area contributed by atoms with Gasteiger partial charge in [-0.1, -0.05) is 59.6 Å². The number of nitrogens with one attached hydrogen (secondary N) is 4. The van der Waals surface area contributed by atoms with Gasteiger partial charge >= 0.3 is 11.9 Å². The molecule has 23 heteroatoms. The number of hydrogen-bond donors (Lipinski definition) is 5. The average Bonchev–Trinajstić information content (AvgIpc) is 3.33. The van der Waals surface area contributed by atoms with Gasteiger partial charge in [0.05, 0.1) is 89.1 Å². The van der Waals surface area contributed by atoms with Gasteiger partial charge < -0.3 is 45.3 Å². The molecule has 0 bridgehead atoms. The summed E-state index contributed by atoms with van der Waals surface area (Å²) in [5.41, 5.74) is 2.91. The third kappa shape index (κ3) is 15.1. The van der Waals surface area contributed by atoms with Crippen molar-refractivity contribution in [1.29, 1.82) is 0 Å². The number of carbonyl (C=O) groups excluding carboxylic acids is 1.